The molecule has 27 heavy (non-hydrogen) atoms. The number of hydrogen-bond donors (Lipinski definition) is 0. The van der Waals surface area contributed by atoms with Crippen molar-refractivity contribution >= 4 is 22.0 Å². The van der Waals surface area contributed by atoms with E-state index in [4.69, 9.17) is 9.47 Å². The Morgan fingerprint density at radius 3 is 2.44 bits per heavy atom. The van der Waals surface area contributed by atoms with E-state index >= 15 is 0 Å². The van der Waals surface area contributed by atoms with E-state index in [2.05, 4.69) is 0 Å². The standard InChI is InChI=1S/C19H25NO6S/c1-12-4-5-17(13(2)10-12)27(23,24)20-8-6-15(7-9-20)18(21)26-16-11-14(3)25-19(16)22/h4-5,10,14-16H,6-9,11H2,1-3H3/t14-,16-/m0/s1. The van der Waals surface area contributed by atoms with Crippen molar-refractivity contribution in [1.29, 1.82) is 0 Å². The second kappa shape index (κ2) is 7.59. The van der Waals surface area contributed by atoms with Gasteiger partial charge >= 0.3 is 11.9 Å². The number of esters is 2. The van der Waals surface area contributed by atoms with Crippen LogP contribution in [-0.4, -0.2) is 50.0 Å². The number of nitrogens with zero attached hydrogens (tertiary/aromatic N) is 1. The summed E-state index contributed by atoms with van der Waals surface area (Å²) in [5.74, 6) is -1.36. The first kappa shape index (κ1) is 19.8. The molecule has 3 rings (SSSR count). The summed E-state index contributed by atoms with van der Waals surface area (Å²) in [5, 5.41) is 0. The second-order valence-electron chi connectivity index (χ2n) is 7.36. The third-order valence-electron chi connectivity index (χ3n) is 5.12. The van der Waals surface area contributed by atoms with Gasteiger partial charge in [-0.15, -0.1) is 0 Å². The average molecular weight is 395 g/mol. The molecule has 0 aromatic heterocycles. The molecule has 2 atom stereocenters. The van der Waals surface area contributed by atoms with Crippen LogP contribution in [0.5, 0.6) is 0 Å². The molecule has 0 saturated carbocycles. The van der Waals surface area contributed by atoms with E-state index in [1.807, 2.05) is 13.0 Å². The number of sulfonamides is 1. The molecule has 0 spiro atoms. The van der Waals surface area contributed by atoms with Gasteiger partial charge in [-0.25, -0.2) is 13.2 Å². The third-order valence-corrected chi connectivity index (χ3v) is 7.18. The number of hydrogen-bond acceptors (Lipinski definition) is 6. The van der Waals surface area contributed by atoms with E-state index in [0.29, 0.717) is 29.7 Å². The van der Waals surface area contributed by atoms with E-state index in [1.165, 1.54) is 4.31 Å². The number of aryl methyl sites for hydroxylation is 2. The Balaban J connectivity index is 1.61. The van der Waals surface area contributed by atoms with Gasteiger partial charge in [0.2, 0.25) is 16.1 Å². The zero-order valence-electron chi connectivity index (χ0n) is 15.8. The average Bonchev–Trinajstić information content (AvgIpc) is 2.91. The molecule has 148 valence electrons. The summed E-state index contributed by atoms with van der Waals surface area (Å²) in [7, 11) is -3.59. The number of ether oxygens (including phenoxy) is 2. The molecule has 2 saturated heterocycles. The first-order valence-corrected chi connectivity index (χ1v) is 10.6. The summed E-state index contributed by atoms with van der Waals surface area (Å²) in [5.41, 5.74) is 1.72. The fraction of sp³-hybridized carbons (Fsp3) is 0.579. The van der Waals surface area contributed by atoms with E-state index < -0.39 is 34.0 Å². The monoisotopic (exact) mass is 395 g/mol. The largest absolute Gasteiger partial charge is 0.460 e. The molecule has 0 bridgehead atoms. The first-order valence-electron chi connectivity index (χ1n) is 9.17. The number of cyclic esters (lactones) is 1. The normalized spacial score (nSPS) is 24.6. The van der Waals surface area contributed by atoms with Gasteiger partial charge in [0.15, 0.2) is 0 Å². The Morgan fingerprint density at radius 1 is 1.22 bits per heavy atom. The maximum atomic E-state index is 12.9. The molecule has 2 aliphatic heterocycles. The van der Waals surface area contributed by atoms with E-state index in [0.717, 1.165) is 5.56 Å². The highest BCUT2D eigenvalue weighted by Crippen LogP contribution is 2.28. The molecule has 0 N–H and O–H groups in total. The molecule has 1 aromatic rings. The lowest BCUT2D eigenvalue weighted by Gasteiger charge is -2.30. The van der Waals surface area contributed by atoms with Crippen molar-refractivity contribution in [2.24, 2.45) is 5.92 Å². The molecule has 0 aliphatic carbocycles. The molecule has 2 heterocycles. The second-order valence-corrected chi connectivity index (χ2v) is 9.26. The highest BCUT2D eigenvalue weighted by Gasteiger charge is 2.38. The van der Waals surface area contributed by atoms with Gasteiger partial charge in [0.25, 0.3) is 0 Å². The van der Waals surface area contributed by atoms with Crippen LogP contribution in [0.4, 0.5) is 0 Å². The number of carbonyl (C=O) groups is 2. The van der Waals surface area contributed by atoms with Gasteiger partial charge in [-0.2, -0.15) is 4.31 Å². The van der Waals surface area contributed by atoms with Gasteiger partial charge < -0.3 is 9.47 Å². The number of carbonyl (C=O) groups excluding carboxylic acids is 2. The molecule has 7 nitrogen and oxygen atoms in total. The highest BCUT2D eigenvalue weighted by atomic mass is 32.2. The predicted molar refractivity (Wildman–Crippen MR) is 97.4 cm³/mol. The summed E-state index contributed by atoms with van der Waals surface area (Å²) in [6.45, 7) is 5.96. The molecule has 1 aromatic carbocycles. The van der Waals surface area contributed by atoms with Crippen molar-refractivity contribution in [3.8, 4) is 0 Å². The van der Waals surface area contributed by atoms with Gasteiger partial charge in [0.05, 0.1) is 10.8 Å². The van der Waals surface area contributed by atoms with Crippen molar-refractivity contribution in [1.82, 2.24) is 4.31 Å². The van der Waals surface area contributed by atoms with E-state index in [9.17, 15) is 18.0 Å². The molecular formula is C19H25NO6S. The molecular weight excluding hydrogens is 370 g/mol. The van der Waals surface area contributed by atoms with E-state index in [1.54, 1.807) is 26.0 Å². The van der Waals surface area contributed by atoms with Crippen LogP contribution in [0, 0.1) is 19.8 Å². The van der Waals surface area contributed by atoms with Gasteiger partial charge in [-0.3, -0.25) is 4.79 Å². The lowest BCUT2D eigenvalue weighted by atomic mass is 9.98. The maximum absolute atomic E-state index is 12.9. The fourth-order valence-electron chi connectivity index (χ4n) is 3.61. The molecule has 2 aliphatic rings. The van der Waals surface area contributed by atoms with Crippen LogP contribution in [0.1, 0.15) is 37.3 Å². The predicted octanol–water partition coefficient (Wildman–Crippen LogP) is 1.95. The molecule has 0 amide bonds. The van der Waals surface area contributed by atoms with Crippen LogP contribution >= 0.6 is 0 Å². The summed E-state index contributed by atoms with van der Waals surface area (Å²) in [4.78, 5) is 24.2. The lowest BCUT2D eigenvalue weighted by Crippen LogP contribution is -2.41. The maximum Gasteiger partial charge on any atom is 0.347 e. The summed E-state index contributed by atoms with van der Waals surface area (Å²) in [6.07, 6.45) is 0.0231. The van der Waals surface area contributed by atoms with Crippen molar-refractivity contribution < 1.29 is 27.5 Å². The van der Waals surface area contributed by atoms with Crippen molar-refractivity contribution in [3.05, 3.63) is 29.3 Å². The van der Waals surface area contributed by atoms with Gasteiger partial charge in [0.1, 0.15) is 6.10 Å². The van der Waals surface area contributed by atoms with Crippen LogP contribution in [0.3, 0.4) is 0 Å². The fourth-order valence-corrected chi connectivity index (χ4v) is 5.29. The van der Waals surface area contributed by atoms with Crippen molar-refractivity contribution in [3.63, 3.8) is 0 Å². The minimum Gasteiger partial charge on any atom is -0.460 e. The van der Waals surface area contributed by atoms with Gasteiger partial charge in [-0.1, -0.05) is 17.7 Å². The molecule has 8 heteroatoms. The number of benzene rings is 1. The molecule has 0 unspecified atom stereocenters. The molecule has 0 radical (unpaired) electrons. The number of piperidine rings is 1. The minimum atomic E-state index is -3.59. The van der Waals surface area contributed by atoms with Crippen LogP contribution < -0.4 is 0 Å². The zero-order chi connectivity index (χ0) is 19.8. The Kier molecular flexibility index (Phi) is 5.58. The van der Waals surface area contributed by atoms with Gasteiger partial charge in [0, 0.05) is 19.5 Å². The van der Waals surface area contributed by atoms with Crippen LogP contribution in [0.25, 0.3) is 0 Å². The van der Waals surface area contributed by atoms with Crippen molar-refractivity contribution in [2.45, 2.75) is 57.1 Å². The Labute approximate surface area is 159 Å². The van der Waals surface area contributed by atoms with Crippen molar-refractivity contribution in [2.75, 3.05) is 13.1 Å². The highest BCUT2D eigenvalue weighted by molar-refractivity contribution is 7.89. The zero-order valence-corrected chi connectivity index (χ0v) is 16.6. The Bertz CT molecular complexity index is 842. The lowest BCUT2D eigenvalue weighted by molar-refractivity contribution is -0.164. The molecule has 2 fully saturated rings. The topological polar surface area (TPSA) is 90.0 Å². The smallest absolute Gasteiger partial charge is 0.347 e. The SMILES string of the molecule is Cc1ccc(S(=O)(=O)N2CCC(C(=O)O[C@H]3C[C@H](C)OC3=O)CC2)c(C)c1. The van der Waals surface area contributed by atoms with E-state index in [-0.39, 0.29) is 19.2 Å². The summed E-state index contributed by atoms with van der Waals surface area (Å²) in [6, 6.07) is 5.26. The van der Waals surface area contributed by atoms with Crippen LogP contribution in [0.15, 0.2) is 23.1 Å². The summed E-state index contributed by atoms with van der Waals surface area (Å²) < 4.78 is 37.5. The number of rotatable bonds is 4. The minimum absolute atomic E-state index is 0.250. The Morgan fingerprint density at radius 2 is 1.89 bits per heavy atom. The van der Waals surface area contributed by atoms with Gasteiger partial charge in [-0.05, 0) is 45.2 Å². The Hall–Kier alpha value is -1.93. The quantitative estimate of drug-likeness (QED) is 0.724. The van der Waals surface area contributed by atoms with Crippen LogP contribution in [-0.2, 0) is 29.1 Å². The first-order chi connectivity index (χ1) is 12.7. The summed E-state index contributed by atoms with van der Waals surface area (Å²) >= 11 is 0. The third kappa shape index (κ3) is 4.16. The van der Waals surface area contributed by atoms with Crippen LogP contribution in [0.2, 0.25) is 0 Å².